The van der Waals surface area contributed by atoms with E-state index in [4.69, 9.17) is 0 Å². The van der Waals surface area contributed by atoms with Crippen molar-refractivity contribution in [1.29, 1.82) is 0 Å². The molecule has 2 saturated heterocycles. The zero-order valence-electron chi connectivity index (χ0n) is 13.1. The molecular weight excluding hydrogens is 288 g/mol. The topological polar surface area (TPSA) is 59.0 Å². The molecule has 2 bridgehead atoms. The molecule has 5 heteroatoms. The lowest BCUT2D eigenvalue weighted by atomic mass is 9.89. The van der Waals surface area contributed by atoms with Crippen molar-refractivity contribution < 1.29 is 4.79 Å². The summed E-state index contributed by atoms with van der Waals surface area (Å²) < 4.78 is 1.78. The van der Waals surface area contributed by atoms with Crippen molar-refractivity contribution in [1.82, 2.24) is 15.1 Å². The first-order chi connectivity index (χ1) is 11.3. The van der Waals surface area contributed by atoms with Gasteiger partial charge >= 0.3 is 0 Å². The van der Waals surface area contributed by atoms with Crippen LogP contribution in [0.25, 0.3) is 5.69 Å². The summed E-state index contributed by atoms with van der Waals surface area (Å²) in [7, 11) is 0. The van der Waals surface area contributed by atoms with E-state index >= 15 is 0 Å². The minimum Gasteiger partial charge on any atom is -0.311 e. The fraction of sp³-hybridized carbons (Fsp3) is 0.444. The predicted molar refractivity (Wildman–Crippen MR) is 89.5 cm³/mol. The van der Waals surface area contributed by atoms with E-state index in [1.807, 2.05) is 42.6 Å². The monoisotopic (exact) mass is 310 g/mol. The van der Waals surface area contributed by atoms with E-state index in [0.717, 1.165) is 18.5 Å². The van der Waals surface area contributed by atoms with E-state index in [-0.39, 0.29) is 5.91 Å². The first-order valence-electron chi connectivity index (χ1n) is 8.43. The van der Waals surface area contributed by atoms with Crippen LogP contribution in [0, 0.1) is 5.92 Å². The second-order valence-electron chi connectivity index (χ2n) is 6.71. The molecule has 23 heavy (non-hydrogen) atoms. The zero-order chi connectivity index (χ0) is 15.6. The van der Waals surface area contributed by atoms with E-state index in [2.05, 4.69) is 15.7 Å². The van der Waals surface area contributed by atoms with Gasteiger partial charge in [-0.2, -0.15) is 5.10 Å². The fourth-order valence-corrected chi connectivity index (χ4v) is 3.91. The van der Waals surface area contributed by atoms with Crippen molar-refractivity contribution in [3.8, 4) is 5.69 Å². The van der Waals surface area contributed by atoms with Crippen LogP contribution in [-0.4, -0.2) is 27.8 Å². The van der Waals surface area contributed by atoms with Crippen molar-refractivity contribution in [3.63, 3.8) is 0 Å². The molecule has 2 aliphatic heterocycles. The number of nitrogens with zero attached hydrogens (tertiary/aromatic N) is 2. The van der Waals surface area contributed by atoms with Crippen LogP contribution in [0.2, 0.25) is 0 Å². The van der Waals surface area contributed by atoms with Crippen LogP contribution in [0.4, 0.5) is 5.82 Å². The Hall–Kier alpha value is -2.14. The molecule has 2 fully saturated rings. The molecular formula is C18H22N4O. The van der Waals surface area contributed by atoms with Gasteiger partial charge in [0.05, 0.1) is 5.69 Å². The number of anilines is 1. The van der Waals surface area contributed by atoms with Crippen LogP contribution in [0.3, 0.4) is 0 Å². The molecule has 0 aliphatic carbocycles. The first-order valence-corrected chi connectivity index (χ1v) is 8.43. The molecule has 2 N–H and O–H groups in total. The molecule has 2 unspecified atom stereocenters. The smallest absolute Gasteiger partial charge is 0.225 e. The molecule has 0 saturated carbocycles. The van der Waals surface area contributed by atoms with Crippen molar-refractivity contribution in [2.75, 3.05) is 5.32 Å². The third-order valence-electron chi connectivity index (χ3n) is 4.92. The van der Waals surface area contributed by atoms with Crippen LogP contribution < -0.4 is 10.6 Å². The summed E-state index contributed by atoms with van der Waals surface area (Å²) in [6.07, 6.45) is 7.27. The predicted octanol–water partition coefficient (Wildman–Crippen LogP) is 2.73. The van der Waals surface area contributed by atoms with Gasteiger partial charge in [0.15, 0.2) is 5.82 Å². The molecule has 1 amide bonds. The highest BCUT2D eigenvalue weighted by molar-refractivity contribution is 5.89. The molecule has 2 aromatic rings. The number of hydrogen-bond donors (Lipinski definition) is 2. The van der Waals surface area contributed by atoms with Gasteiger partial charge in [0, 0.05) is 30.8 Å². The first kappa shape index (κ1) is 14.5. The van der Waals surface area contributed by atoms with E-state index in [0.29, 0.717) is 30.2 Å². The molecule has 0 spiro atoms. The van der Waals surface area contributed by atoms with Gasteiger partial charge in [-0.25, -0.2) is 4.68 Å². The van der Waals surface area contributed by atoms with Crippen LogP contribution in [0.5, 0.6) is 0 Å². The third kappa shape index (κ3) is 3.29. The quantitative estimate of drug-likeness (QED) is 0.913. The number of amides is 1. The molecule has 0 radical (unpaired) electrons. The highest BCUT2D eigenvalue weighted by Gasteiger charge is 2.34. The van der Waals surface area contributed by atoms with Crippen LogP contribution in [-0.2, 0) is 4.79 Å². The summed E-state index contributed by atoms with van der Waals surface area (Å²) in [5.74, 6) is 1.20. The lowest BCUT2D eigenvalue weighted by molar-refractivity contribution is -0.117. The van der Waals surface area contributed by atoms with Crippen molar-refractivity contribution >= 4 is 11.7 Å². The number of hydrogen-bond acceptors (Lipinski definition) is 3. The maximum Gasteiger partial charge on any atom is 0.225 e. The van der Waals surface area contributed by atoms with E-state index in [1.165, 1.54) is 12.8 Å². The standard InChI is InChI=1S/C18H22N4O/c23-18(12-13-10-14-6-7-15(11-13)19-14)20-17-8-9-22(21-17)16-4-2-1-3-5-16/h1-5,8-9,13-15,19H,6-7,10-12H2,(H,20,21,23). The van der Waals surface area contributed by atoms with Gasteiger partial charge in [0.1, 0.15) is 0 Å². The average molecular weight is 310 g/mol. The van der Waals surface area contributed by atoms with Gasteiger partial charge in [0.2, 0.25) is 5.91 Å². The maximum atomic E-state index is 12.3. The summed E-state index contributed by atoms with van der Waals surface area (Å²) >= 11 is 0. The second kappa shape index (κ2) is 6.16. The van der Waals surface area contributed by atoms with Crippen molar-refractivity contribution in [2.45, 2.75) is 44.2 Å². The summed E-state index contributed by atoms with van der Waals surface area (Å²) in [5, 5.41) is 11.0. The zero-order valence-corrected chi connectivity index (χ0v) is 13.1. The number of para-hydroxylation sites is 1. The summed E-state index contributed by atoms with van der Waals surface area (Å²) in [5.41, 5.74) is 0.989. The summed E-state index contributed by atoms with van der Waals surface area (Å²) in [6.45, 7) is 0. The number of carbonyl (C=O) groups is 1. The van der Waals surface area contributed by atoms with Gasteiger partial charge in [-0.1, -0.05) is 18.2 Å². The van der Waals surface area contributed by atoms with Crippen LogP contribution >= 0.6 is 0 Å². The van der Waals surface area contributed by atoms with Gasteiger partial charge < -0.3 is 10.6 Å². The van der Waals surface area contributed by atoms with Crippen LogP contribution in [0.1, 0.15) is 32.1 Å². The lowest BCUT2D eigenvalue weighted by Gasteiger charge is -2.28. The normalized spacial score (nSPS) is 26.2. The highest BCUT2D eigenvalue weighted by Crippen LogP contribution is 2.32. The van der Waals surface area contributed by atoms with Gasteiger partial charge in [-0.15, -0.1) is 0 Å². The van der Waals surface area contributed by atoms with Gasteiger partial charge in [-0.05, 0) is 43.7 Å². The molecule has 1 aromatic carbocycles. The Bertz CT molecular complexity index is 669. The molecule has 5 nitrogen and oxygen atoms in total. The number of rotatable bonds is 4. The Kier molecular flexibility index (Phi) is 3.87. The lowest BCUT2D eigenvalue weighted by Crippen LogP contribution is -2.39. The molecule has 3 heterocycles. The Balaban J connectivity index is 1.35. The number of carbonyl (C=O) groups excluding carboxylic acids is 1. The number of piperidine rings is 1. The second-order valence-corrected chi connectivity index (χ2v) is 6.71. The molecule has 120 valence electrons. The number of aromatic nitrogens is 2. The summed E-state index contributed by atoms with van der Waals surface area (Å²) in [6, 6.07) is 13.0. The molecule has 2 aliphatic rings. The number of benzene rings is 1. The van der Waals surface area contributed by atoms with Gasteiger partial charge in [0.25, 0.3) is 0 Å². The minimum absolute atomic E-state index is 0.0783. The van der Waals surface area contributed by atoms with Crippen molar-refractivity contribution in [2.24, 2.45) is 5.92 Å². The number of fused-ring (bicyclic) bond motifs is 2. The van der Waals surface area contributed by atoms with Gasteiger partial charge in [-0.3, -0.25) is 4.79 Å². The van der Waals surface area contributed by atoms with E-state index in [1.54, 1.807) is 4.68 Å². The Morgan fingerprint density at radius 3 is 2.65 bits per heavy atom. The Morgan fingerprint density at radius 1 is 1.17 bits per heavy atom. The number of nitrogens with one attached hydrogen (secondary N) is 2. The average Bonchev–Trinajstić information content (AvgIpc) is 3.15. The Morgan fingerprint density at radius 2 is 1.91 bits per heavy atom. The third-order valence-corrected chi connectivity index (χ3v) is 4.92. The highest BCUT2D eigenvalue weighted by atomic mass is 16.1. The Labute approximate surface area is 136 Å². The van der Waals surface area contributed by atoms with E-state index < -0.39 is 0 Å². The minimum atomic E-state index is 0.0783. The largest absolute Gasteiger partial charge is 0.311 e. The fourth-order valence-electron chi connectivity index (χ4n) is 3.91. The summed E-state index contributed by atoms with van der Waals surface area (Å²) in [4.78, 5) is 12.3. The molecule has 4 rings (SSSR count). The van der Waals surface area contributed by atoms with Crippen LogP contribution in [0.15, 0.2) is 42.6 Å². The maximum absolute atomic E-state index is 12.3. The SMILES string of the molecule is O=C(CC1CC2CCC(C1)N2)Nc1ccn(-c2ccccc2)n1. The molecule has 1 aromatic heterocycles. The molecule has 2 atom stereocenters. The van der Waals surface area contributed by atoms with E-state index in [9.17, 15) is 4.79 Å². The van der Waals surface area contributed by atoms with Crippen molar-refractivity contribution in [3.05, 3.63) is 42.6 Å².